The number of aromatic nitrogens is 2. The molecule has 0 aliphatic carbocycles. The highest BCUT2D eigenvalue weighted by Gasteiger charge is 2.18. The summed E-state index contributed by atoms with van der Waals surface area (Å²) in [6.45, 7) is 4.14. The normalized spacial score (nSPS) is 10.7. The minimum Gasteiger partial charge on any atom is -0.337 e. The van der Waals surface area contributed by atoms with E-state index >= 15 is 0 Å². The average molecular weight is 356 g/mol. The second kappa shape index (κ2) is 7.07. The lowest BCUT2D eigenvalue weighted by Crippen LogP contribution is -2.26. The van der Waals surface area contributed by atoms with Gasteiger partial charge < -0.3 is 9.42 Å². The third-order valence-electron chi connectivity index (χ3n) is 3.82. The van der Waals surface area contributed by atoms with E-state index in [1.807, 2.05) is 44.2 Å². The van der Waals surface area contributed by atoms with Crippen LogP contribution in [-0.4, -0.2) is 28.0 Å². The molecule has 3 rings (SSSR count). The Labute approximate surface area is 151 Å². The highest BCUT2D eigenvalue weighted by Crippen LogP contribution is 2.21. The second-order valence-corrected chi connectivity index (χ2v) is 6.43. The van der Waals surface area contributed by atoms with Gasteiger partial charge in [-0.1, -0.05) is 46.6 Å². The van der Waals surface area contributed by atoms with Crippen LogP contribution in [0.5, 0.6) is 0 Å². The Morgan fingerprint density at radius 3 is 2.64 bits per heavy atom. The van der Waals surface area contributed by atoms with Gasteiger partial charge >= 0.3 is 0 Å². The van der Waals surface area contributed by atoms with Crippen molar-refractivity contribution in [2.24, 2.45) is 0 Å². The van der Waals surface area contributed by atoms with Crippen LogP contribution in [-0.2, 0) is 6.54 Å². The lowest BCUT2D eigenvalue weighted by atomic mass is 10.1. The first-order chi connectivity index (χ1) is 11.9. The van der Waals surface area contributed by atoms with E-state index in [0.717, 1.165) is 16.7 Å². The molecule has 128 valence electrons. The quantitative estimate of drug-likeness (QED) is 0.700. The van der Waals surface area contributed by atoms with Crippen LogP contribution in [0, 0.1) is 13.8 Å². The molecule has 0 radical (unpaired) electrons. The van der Waals surface area contributed by atoms with Crippen LogP contribution in [0.15, 0.2) is 47.0 Å². The van der Waals surface area contributed by atoms with Gasteiger partial charge in [0.2, 0.25) is 11.7 Å². The number of carbonyl (C=O) groups excluding carboxylic acids is 1. The molecule has 25 heavy (non-hydrogen) atoms. The van der Waals surface area contributed by atoms with Crippen molar-refractivity contribution in [1.29, 1.82) is 0 Å². The van der Waals surface area contributed by atoms with E-state index in [4.69, 9.17) is 16.1 Å². The molecular weight excluding hydrogens is 338 g/mol. The highest BCUT2D eigenvalue weighted by molar-refractivity contribution is 6.33. The molecule has 0 saturated carbocycles. The fourth-order valence-corrected chi connectivity index (χ4v) is 2.81. The summed E-state index contributed by atoms with van der Waals surface area (Å²) >= 11 is 6.17. The highest BCUT2D eigenvalue weighted by atomic mass is 35.5. The van der Waals surface area contributed by atoms with Crippen molar-refractivity contribution in [2.45, 2.75) is 20.4 Å². The fraction of sp³-hybridized carbons (Fsp3) is 0.211. The van der Waals surface area contributed by atoms with Gasteiger partial charge in [-0.3, -0.25) is 4.79 Å². The van der Waals surface area contributed by atoms with Crippen LogP contribution >= 0.6 is 11.6 Å². The molecule has 0 unspecified atom stereocenters. The van der Waals surface area contributed by atoms with Crippen molar-refractivity contribution in [3.8, 4) is 11.4 Å². The lowest BCUT2D eigenvalue weighted by Gasteiger charge is -2.15. The van der Waals surface area contributed by atoms with Gasteiger partial charge in [0, 0.05) is 12.6 Å². The zero-order valence-corrected chi connectivity index (χ0v) is 15.0. The molecule has 0 aliphatic rings. The number of hydrogen-bond acceptors (Lipinski definition) is 4. The van der Waals surface area contributed by atoms with Gasteiger partial charge in [-0.2, -0.15) is 4.98 Å². The summed E-state index contributed by atoms with van der Waals surface area (Å²) < 4.78 is 5.28. The fourth-order valence-electron chi connectivity index (χ4n) is 2.49. The molecule has 1 amide bonds. The molecule has 0 bridgehead atoms. The van der Waals surface area contributed by atoms with Crippen LogP contribution in [0.2, 0.25) is 5.02 Å². The third-order valence-corrected chi connectivity index (χ3v) is 4.13. The number of amides is 1. The van der Waals surface area contributed by atoms with E-state index < -0.39 is 0 Å². The number of nitrogens with zero attached hydrogens (tertiary/aromatic N) is 3. The van der Waals surface area contributed by atoms with E-state index in [1.54, 1.807) is 19.2 Å². The monoisotopic (exact) mass is 355 g/mol. The molecule has 0 aliphatic heterocycles. The topological polar surface area (TPSA) is 59.2 Å². The summed E-state index contributed by atoms with van der Waals surface area (Å²) in [5.74, 6) is 0.684. The van der Waals surface area contributed by atoms with Crippen molar-refractivity contribution < 1.29 is 9.32 Å². The minimum absolute atomic E-state index is 0.194. The van der Waals surface area contributed by atoms with E-state index in [2.05, 4.69) is 10.1 Å². The minimum atomic E-state index is -0.194. The Hall–Kier alpha value is -2.66. The van der Waals surface area contributed by atoms with Crippen LogP contribution in [0.4, 0.5) is 0 Å². The van der Waals surface area contributed by atoms with Crippen LogP contribution in [0.3, 0.4) is 0 Å². The maximum absolute atomic E-state index is 12.6. The van der Waals surface area contributed by atoms with Gasteiger partial charge in [0.1, 0.15) is 0 Å². The van der Waals surface area contributed by atoms with Gasteiger partial charge in [0.05, 0.1) is 17.1 Å². The smallest absolute Gasteiger partial charge is 0.255 e. The molecule has 0 N–H and O–H groups in total. The van der Waals surface area contributed by atoms with Crippen molar-refractivity contribution in [3.63, 3.8) is 0 Å². The zero-order valence-electron chi connectivity index (χ0n) is 14.3. The summed E-state index contributed by atoms with van der Waals surface area (Å²) in [7, 11) is 1.68. The van der Waals surface area contributed by atoms with Crippen molar-refractivity contribution in [3.05, 3.63) is 70.1 Å². The number of benzene rings is 2. The number of halogens is 1. The van der Waals surface area contributed by atoms with E-state index in [0.29, 0.717) is 22.3 Å². The first kappa shape index (κ1) is 17.2. The number of rotatable bonds is 4. The summed E-state index contributed by atoms with van der Waals surface area (Å²) in [5, 5.41) is 4.42. The van der Waals surface area contributed by atoms with Gasteiger partial charge in [-0.15, -0.1) is 0 Å². The van der Waals surface area contributed by atoms with Crippen molar-refractivity contribution >= 4 is 17.5 Å². The third kappa shape index (κ3) is 3.88. The molecule has 2 aromatic carbocycles. The summed E-state index contributed by atoms with van der Waals surface area (Å²) in [6, 6.07) is 13.2. The van der Waals surface area contributed by atoms with Gasteiger partial charge in [-0.25, -0.2) is 0 Å². The Bertz CT molecular complexity index is 921. The van der Waals surface area contributed by atoms with Crippen LogP contribution in [0.25, 0.3) is 11.4 Å². The predicted molar refractivity (Wildman–Crippen MR) is 96.5 cm³/mol. The second-order valence-electron chi connectivity index (χ2n) is 6.03. The maximum atomic E-state index is 12.6. The standard InChI is InChI=1S/C19H18ClN3O2/c1-12-5-4-6-14(9-12)18-21-17(25-22-18)11-23(3)19(24)15-8-7-13(2)10-16(15)20/h4-10H,11H2,1-3H3. The average Bonchev–Trinajstić information content (AvgIpc) is 3.03. The maximum Gasteiger partial charge on any atom is 0.255 e. The molecule has 0 saturated heterocycles. The molecular formula is C19H18ClN3O2. The van der Waals surface area contributed by atoms with Crippen LogP contribution in [0.1, 0.15) is 27.4 Å². The van der Waals surface area contributed by atoms with Gasteiger partial charge in [-0.05, 0) is 37.6 Å². The number of hydrogen-bond donors (Lipinski definition) is 0. The molecule has 0 atom stereocenters. The molecule has 5 nitrogen and oxygen atoms in total. The Kier molecular flexibility index (Phi) is 4.86. The molecule has 6 heteroatoms. The lowest BCUT2D eigenvalue weighted by molar-refractivity contribution is 0.0769. The summed E-state index contributed by atoms with van der Waals surface area (Å²) in [6.07, 6.45) is 0. The van der Waals surface area contributed by atoms with E-state index in [9.17, 15) is 4.79 Å². The molecule has 1 aromatic heterocycles. The summed E-state index contributed by atoms with van der Waals surface area (Å²) in [4.78, 5) is 18.4. The zero-order chi connectivity index (χ0) is 18.0. The van der Waals surface area contributed by atoms with Gasteiger partial charge in [0.25, 0.3) is 5.91 Å². The van der Waals surface area contributed by atoms with Gasteiger partial charge in [0.15, 0.2) is 0 Å². The summed E-state index contributed by atoms with van der Waals surface area (Å²) in [5.41, 5.74) is 3.45. The Morgan fingerprint density at radius 1 is 1.16 bits per heavy atom. The van der Waals surface area contributed by atoms with E-state index in [1.165, 1.54) is 4.90 Å². The Balaban J connectivity index is 1.75. The SMILES string of the molecule is Cc1cccc(-c2noc(CN(C)C(=O)c3ccc(C)cc3Cl)n2)c1. The number of aryl methyl sites for hydroxylation is 2. The number of carbonyl (C=O) groups is 1. The van der Waals surface area contributed by atoms with Crippen molar-refractivity contribution in [2.75, 3.05) is 7.05 Å². The molecule has 1 heterocycles. The predicted octanol–water partition coefficient (Wildman–Crippen LogP) is 4.28. The van der Waals surface area contributed by atoms with E-state index in [-0.39, 0.29) is 12.5 Å². The molecule has 0 spiro atoms. The first-order valence-electron chi connectivity index (χ1n) is 7.85. The largest absolute Gasteiger partial charge is 0.337 e. The van der Waals surface area contributed by atoms with Crippen molar-refractivity contribution in [1.82, 2.24) is 15.0 Å². The Morgan fingerprint density at radius 2 is 1.92 bits per heavy atom. The van der Waals surface area contributed by atoms with Crippen LogP contribution < -0.4 is 0 Å². The first-order valence-corrected chi connectivity index (χ1v) is 8.23. The molecule has 0 fully saturated rings. The molecule has 3 aromatic rings.